The molecule has 2 heterocycles. The van der Waals surface area contributed by atoms with Crippen LogP contribution in [0.15, 0.2) is 54.6 Å². The van der Waals surface area contributed by atoms with Crippen LogP contribution in [-0.4, -0.2) is 137 Å². The van der Waals surface area contributed by atoms with Crippen molar-refractivity contribution in [2.45, 2.75) is 110 Å². The van der Waals surface area contributed by atoms with Gasteiger partial charge < -0.3 is 48.9 Å². The van der Waals surface area contributed by atoms with Crippen LogP contribution in [0.4, 0.5) is 0 Å². The topological polar surface area (TPSA) is 201 Å². The molecule has 2 aromatic carbocycles. The number of carbonyl (C=O) groups is 5. The van der Waals surface area contributed by atoms with Gasteiger partial charge in [0.15, 0.2) is 5.78 Å². The van der Waals surface area contributed by atoms with Gasteiger partial charge >= 0.3 is 11.9 Å². The Hall–Kier alpha value is -4.42. The highest BCUT2D eigenvalue weighted by Crippen LogP contribution is 2.45. The molecule has 1 saturated heterocycles. The number of epoxide rings is 1. The number of rotatable bonds is 25. The Morgan fingerprint density at radius 1 is 0.881 bits per heavy atom. The smallest absolute Gasteiger partial charge is 0.328 e. The molecule has 3 N–H and O–H groups in total. The number of methoxy groups -OCH3 is 1. The summed E-state index contributed by atoms with van der Waals surface area (Å²) in [4.78, 5) is 67.5. The van der Waals surface area contributed by atoms with Crippen LogP contribution < -0.4 is 15.4 Å². The Morgan fingerprint density at radius 3 is 2.12 bits per heavy atom. The number of hydrogen-bond donors (Lipinski definition) is 3. The zero-order valence-corrected chi connectivity index (χ0v) is 41.0. The number of nitrogens with one attached hydrogen (secondary N) is 2. The van der Waals surface area contributed by atoms with Crippen molar-refractivity contribution in [3.63, 3.8) is 0 Å². The molecule has 0 unspecified atom stereocenters. The first-order chi connectivity index (χ1) is 32.0. The molecule has 2 aromatic rings. The molecule has 17 heteroatoms. The first-order valence-corrected chi connectivity index (χ1v) is 23.6. The lowest BCUT2D eigenvalue weighted by atomic mass is 9.84. The Balaban J connectivity index is 1.32. The zero-order chi connectivity index (χ0) is 48.9. The van der Waals surface area contributed by atoms with Crippen LogP contribution in [0.1, 0.15) is 89.5 Å². The molecule has 16 nitrogen and oxygen atoms in total. The number of nitrogens with zero attached hydrogens (tertiary/aromatic N) is 1. The normalized spacial score (nSPS) is 22.5. The average molecular weight is 959 g/mol. The van der Waals surface area contributed by atoms with E-state index in [1.54, 1.807) is 38.1 Å². The minimum absolute atomic E-state index is 0.0201. The van der Waals surface area contributed by atoms with E-state index in [9.17, 15) is 24.0 Å². The van der Waals surface area contributed by atoms with Crippen LogP contribution in [-0.2, 0) is 65.4 Å². The third kappa shape index (κ3) is 19.6. The summed E-state index contributed by atoms with van der Waals surface area (Å²) in [5.41, 5.74) is 1.84. The van der Waals surface area contributed by atoms with E-state index in [0.717, 1.165) is 29.8 Å². The fraction of sp³-hybridized carbons (Fsp3) is 0.620. The molecule has 2 aliphatic rings. The molecule has 2 amide bonds. The summed E-state index contributed by atoms with van der Waals surface area (Å²) in [7, 11) is 3.55. The van der Waals surface area contributed by atoms with Crippen molar-refractivity contribution in [2.24, 2.45) is 17.3 Å². The van der Waals surface area contributed by atoms with Gasteiger partial charge in [-0.15, -0.1) is 0 Å². The lowest BCUT2D eigenvalue weighted by Gasteiger charge is -2.30. The highest BCUT2D eigenvalue weighted by atomic mass is 35.5. The van der Waals surface area contributed by atoms with Gasteiger partial charge in [0.2, 0.25) is 11.8 Å². The van der Waals surface area contributed by atoms with E-state index in [0.29, 0.717) is 63.4 Å². The maximum absolute atomic E-state index is 13.9. The van der Waals surface area contributed by atoms with Crippen molar-refractivity contribution in [1.82, 2.24) is 15.5 Å². The average Bonchev–Trinajstić information content (AvgIpc) is 4.08. The Morgan fingerprint density at radius 2 is 1.51 bits per heavy atom. The quantitative estimate of drug-likeness (QED) is 0.0603. The van der Waals surface area contributed by atoms with E-state index in [2.05, 4.69) is 27.7 Å². The molecule has 0 aliphatic carbocycles. The third-order valence-electron chi connectivity index (χ3n) is 11.8. The molecule has 0 spiro atoms. The van der Waals surface area contributed by atoms with Gasteiger partial charge in [0, 0.05) is 37.3 Å². The van der Waals surface area contributed by atoms with Crippen molar-refractivity contribution in [1.29, 1.82) is 0 Å². The van der Waals surface area contributed by atoms with Crippen LogP contribution in [0.5, 0.6) is 5.75 Å². The number of carboxylic acid groups (broad SMARTS) is 1. The maximum atomic E-state index is 13.9. The van der Waals surface area contributed by atoms with Gasteiger partial charge in [0.05, 0.1) is 83.6 Å². The number of carbonyl (C=O) groups excluding carboxylic acids is 4. The number of hydrogen-bond acceptors (Lipinski definition) is 13. The van der Waals surface area contributed by atoms with Crippen molar-refractivity contribution >= 4 is 41.1 Å². The lowest BCUT2D eigenvalue weighted by molar-refractivity contribution is -0.157. The molecule has 0 bridgehead atoms. The van der Waals surface area contributed by atoms with Gasteiger partial charge in [-0.05, 0) is 67.1 Å². The van der Waals surface area contributed by atoms with E-state index in [1.165, 1.54) is 13.2 Å². The number of esters is 1. The standard InChI is InChI=1S/C50H72ClN3O13/c1-33(2)29-40-48(59)66-42(9-8-10-44(56)52-39(31-36-13-16-43(61-7)38(51)30-36)41(55)17-19-50(4,5)49(60)53-40)34(3)46-47(67-46)37-14-11-35(12-15-37)32-54(6)20-22-63-24-26-65-28-27-64-25-23-62-21-18-45(57)58/h8,10-16,30,33-34,39-40,42,46-47H,9,17-29,31-32H2,1-7H3,(H,52,56)(H,53,60)(H,57,58)/b10-8+/t34-,39+,40-,42-,46+,47+/m0/s1. The number of ketones is 1. The highest BCUT2D eigenvalue weighted by molar-refractivity contribution is 6.32. The minimum atomic E-state index is -1.01. The van der Waals surface area contributed by atoms with Gasteiger partial charge in [-0.25, -0.2) is 4.79 Å². The molecule has 67 heavy (non-hydrogen) atoms. The van der Waals surface area contributed by atoms with Gasteiger partial charge in [-0.3, -0.25) is 24.1 Å². The second-order valence-electron chi connectivity index (χ2n) is 18.3. The highest BCUT2D eigenvalue weighted by Gasteiger charge is 2.48. The van der Waals surface area contributed by atoms with Crippen LogP contribution in [0.25, 0.3) is 0 Å². The molecule has 2 aliphatic heterocycles. The molecular formula is C50H72ClN3O13. The van der Waals surface area contributed by atoms with Crippen molar-refractivity contribution in [2.75, 3.05) is 73.6 Å². The summed E-state index contributed by atoms with van der Waals surface area (Å²) in [5, 5.41) is 14.8. The lowest BCUT2D eigenvalue weighted by Crippen LogP contribution is -2.49. The molecule has 4 rings (SSSR count). The van der Waals surface area contributed by atoms with Gasteiger partial charge in [-0.2, -0.15) is 0 Å². The Kier molecular flexibility index (Phi) is 23.2. The SMILES string of the molecule is COc1ccc(C[C@H]2NC(=O)/C=C/C[C@@H]([C@H](C)[C@H]3O[C@@H]3c3ccc(CN(C)CCOCCOCCOCCOCCC(=O)O)cc3)OC(=O)[C@H](CC(C)C)NC(=O)C(C)(C)CCC2=O)cc1Cl. The number of halogens is 1. The summed E-state index contributed by atoms with van der Waals surface area (Å²) in [6, 6.07) is 11.7. The van der Waals surface area contributed by atoms with E-state index < -0.39 is 41.4 Å². The summed E-state index contributed by atoms with van der Waals surface area (Å²) >= 11 is 6.39. The van der Waals surface area contributed by atoms with E-state index >= 15 is 0 Å². The van der Waals surface area contributed by atoms with Crippen LogP contribution in [0.3, 0.4) is 0 Å². The molecule has 6 atom stereocenters. The number of carboxylic acids is 1. The molecule has 0 aromatic heterocycles. The summed E-state index contributed by atoms with van der Waals surface area (Å²) < 4.78 is 39.6. The number of amides is 2. The number of aliphatic carboxylic acids is 1. The van der Waals surface area contributed by atoms with Crippen molar-refractivity contribution in [3.8, 4) is 5.75 Å². The van der Waals surface area contributed by atoms with Gasteiger partial charge in [0.25, 0.3) is 0 Å². The molecule has 1 fully saturated rings. The van der Waals surface area contributed by atoms with Crippen LogP contribution >= 0.6 is 11.6 Å². The number of likely N-dealkylation sites (N-methyl/N-ethyl adjacent to an activating group) is 1. The first-order valence-electron chi connectivity index (χ1n) is 23.3. The van der Waals surface area contributed by atoms with E-state index in [-0.39, 0.29) is 74.4 Å². The zero-order valence-electron chi connectivity index (χ0n) is 40.2. The molecule has 0 saturated carbocycles. The second-order valence-corrected chi connectivity index (χ2v) is 18.7. The Labute approximate surface area is 400 Å². The predicted molar refractivity (Wildman–Crippen MR) is 252 cm³/mol. The first kappa shape index (κ1) is 55.2. The number of benzene rings is 2. The van der Waals surface area contributed by atoms with E-state index in [1.807, 2.05) is 40.0 Å². The fourth-order valence-electron chi connectivity index (χ4n) is 7.56. The third-order valence-corrected chi connectivity index (χ3v) is 12.1. The minimum Gasteiger partial charge on any atom is -0.495 e. The van der Waals surface area contributed by atoms with E-state index in [4.69, 9.17) is 49.9 Å². The molecule has 372 valence electrons. The number of ether oxygens (including phenoxy) is 7. The fourth-order valence-corrected chi connectivity index (χ4v) is 7.84. The Bertz CT molecular complexity index is 1930. The molecule has 0 radical (unpaired) electrons. The van der Waals surface area contributed by atoms with Gasteiger partial charge in [-0.1, -0.05) is 82.6 Å². The number of Topliss-reactive ketones (excluding diaryl/α,β-unsaturated/α-hetero) is 1. The monoisotopic (exact) mass is 957 g/mol. The van der Waals surface area contributed by atoms with Gasteiger partial charge in [0.1, 0.15) is 24.0 Å². The second kappa shape index (κ2) is 28.2. The molecular weight excluding hydrogens is 886 g/mol. The number of cyclic esters (lactones) is 1. The largest absolute Gasteiger partial charge is 0.495 e. The summed E-state index contributed by atoms with van der Waals surface area (Å²) in [6.45, 7) is 14.0. The summed E-state index contributed by atoms with van der Waals surface area (Å²) in [5.74, 6) is -2.25. The van der Waals surface area contributed by atoms with Crippen molar-refractivity contribution < 1.29 is 62.2 Å². The van der Waals surface area contributed by atoms with Crippen LogP contribution in [0.2, 0.25) is 5.02 Å². The predicted octanol–water partition coefficient (Wildman–Crippen LogP) is 5.90. The maximum Gasteiger partial charge on any atom is 0.328 e. The summed E-state index contributed by atoms with van der Waals surface area (Å²) in [6.07, 6.45) is 2.76. The van der Waals surface area contributed by atoms with Crippen molar-refractivity contribution in [3.05, 3.63) is 76.3 Å². The van der Waals surface area contributed by atoms with Crippen LogP contribution in [0, 0.1) is 17.3 Å².